The van der Waals surface area contributed by atoms with Crippen LogP contribution in [0.4, 0.5) is 5.69 Å². The summed E-state index contributed by atoms with van der Waals surface area (Å²) in [5, 5.41) is 21.3. The largest absolute Gasteiger partial charge is 0.488 e. The van der Waals surface area contributed by atoms with Crippen LogP contribution in [0.2, 0.25) is 0 Å². The third-order valence-corrected chi connectivity index (χ3v) is 3.93. The molecule has 122 valence electrons. The lowest BCUT2D eigenvalue weighted by Crippen LogP contribution is -2.14. The van der Waals surface area contributed by atoms with Crippen molar-refractivity contribution in [1.29, 1.82) is 0 Å². The summed E-state index contributed by atoms with van der Waals surface area (Å²) in [6.45, 7) is 1.96. The van der Waals surface area contributed by atoms with E-state index in [0.29, 0.717) is 0 Å². The number of rotatable bonds is 3. The van der Waals surface area contributed by atoms with Crippen LogP contribution in [-0.2, 0) is 7.05 Å². The molecule has 3 aromatic rings. The molecule has 0 aliphatic carbocycles. The molecule has 0 aliphatic rings. The Labute approximate surface area is 135 Å². The minimum Gasteiger partial charge on any atom is -0.488 e. The Kier molecular flexibility index (Phi) is 3.64. The van der Waals surface area contributed by atoms with Crippen molar-refractivity contribution >= 4 is 28.7 Å². The first-order chi connectivity index (χ1) is 11.4. The van der Waals surface area contributed by atoms with Gasteiger partial charge in [0.2, 0.25) is 0 Å². The van der Waals surface area contributed by atoms with Gasteiger partial charge in [-0.2, -0.15) is 4.98 Å². The first kappa shape index (κ1) is 15.5. The normalized spacial score (nSPS) is 11.4. The number of nitrogens with zero attached hydrogens (tertiary/aromatic N) is 3. The summed E-state index contributed by atoms with van der Waals surface area (Å²) < 4.78 is 2.04. The number of hydrogen-bond donors (Lipinski definition) is 2. The fourth-order valence-corrected chi connectivity index (χ4v) is 2.64. The predicted octanol–water partition coefficient (Wildman–Crippen LogP) is 2.35. The molecule has 0 bridgehead atoms. The fraction of sp³-hybridized carbons (Fsp3) is 0.125. The first-order valence-electron chi connectivity index (χ1n) is 7.10. The lowest BCUT2D eigenvalue weighted by molar-refractivity contribution is -0.387. The molecule has 0 amide bonds. The Hall–Kier alpha value is -3.42. The number of nitro groups is 1. The van der Waals surface area contributed by atoms with E-state index in [4.69, 9.17) is 0 Å². The molecule has 0 spiro atoms. The first-order valence-corrected chi connectivity index (χ1v) is 7.10. The zero-order valence-electron chi connectivity index (χ0n) is 13.0. The molecule has 0 fully saturated rings. The molecule has 3 rings (SSSR count). The third kappa shape index (κ3) is 2.43. The summed E-state index contributed by atoms with van der Waals surface area (Å²) in [7, 11) is 1.95. The zero-order valence-corrected chi connectivity index (χ0v) is 13.0. The van der Waals surface area contributed by atoms with Gasteiger partial charge in [-0.3, -0.25) is 14.9 Å². The number of hydrogen-bond acceptors (Lipinski definition) is 5. The van der Waals surface area contributed by atoms with Gasteiger partial charge in [0.1, 0.15) is 5.82 Å². The minimum atomic E-state index is -0.998. The average Bonchev–Trinajstić information content (AvgIpc) is 2.76. The van der Waals surface area contributed by atoms with Crippen LogP contribution in [0.25, 0.3) is 23.1 Å². The summed E-state index contributed by atoms with van der Waals surface area (Å²) in [6.07, 6.45) is 3.25. The monoisotopic (exact) mass is 326 g/mol. The van der Waals surface area contributed by atoms with E-state index >= 15 is 0 Å². The highest BCUT2D eigenvalue weighted by molar-refractivity contribution is 5.93. The fourth-order valence-electron chi connectivity index (χ4n) is 2.64. The SMILES string of the molecule is Cc1c(/C=C/c2nc(O)c([N+](=O)[O-])c(=O)[nH]2)c2ccccc2n1C. The van der Waals surface area contributed by atoms with E-state index in [1.807, 2.05) is 42.8 Å². The van der Waals surface area contributed by atoms with Crippen molar-refractivity contribution in [2.75, 3.05) is 0 Å². The number of para-hydroxylation sites is 1. The Morgan fingerprint density at radius 1 is 1.33 bits per heavy atom. The average molecular weight is 326 g/mol. The molecule has 2 N–H and O–H groups in total. The van der Waals surface area contributed by atoms with Crippen LogP contribution in [0.5, 0.6) is 5.88 Å². The van der Waals surface area contributed by atoms with Crippen LogP contribution in [0.1, 0.15) is 17.1 Å². The summed E-state index contributed by atoms with van der Waals surface area (Å²) >= 11 is 0. The molecule has 0 unspecified atom stereocenters. The van der Waals surface area contributed by atoms with E-state index in [-0.39, 0.29) is 5.82 Å². The number of aromatic amines is 1. The highest BCUT2D eigenvalue weighted by Crippen LogP contribution is 2.26. The van der Waals surface area contributed by atoms with E-state index in [1.165, 1.54) is 6.08 Å². The van der Waals surface area contributed by atoms with Crippen molar-refractivity contribution in [3.05, 3.63) is 61.8 Å². The second-order valence-electron chi connectivity index (χ2n) is 5.29. The van der Waals surface area contributed by atoms with Crippen LogP contribution >= 0.6 is 0 Å². The molecule has 24 heavy (non-hydrogen) atoms. The number of aromatic nitrogens is 3. The Bertz CT molecular complexity index is 1050. The number of aryl methyl sites for hydroxylation is 1. The number of aromatic hydroxyl groups is 1. The van der Waals surface area contributed by atoms with Gasteiger partial charge in [-0.25, -0.2) is 0 Å². The maximum Gasteiger partial charge on any atom is 0.395 e. The van der Waals surface area contributed by atoms with Crippen molar-refractivity contribution in [2.24, 2.45) is 7.05 Å². The molecule has 1 aromatic carbocycles. The second-order valence-corrected chi connectivity index (χ2v) is 5.29. The summed E-state index contributed by atoms with van der Waals surface area (Å²) in [6, 6.07) is 7.85. The van der Waals surface area contributed by atoms with Gasteiger partial charge < -0.3 is 14.7 Å². The van der Waals surface area contributed by atoms with Crippen molar-refractivity contribution in [3.63, 3.8) is 0 Å². The summed E-state index contributed by atoms with van der Waals surface area (Å²) in [5.41, 5.74) is 1.05. The molecule has 0 saturated carbocycles. The van der Waals surface area contributed by atoms with Gasteiger partial charge >= 0.3 is 11.2 Å². The summed E-state index contributed by atoms with van der Waals surface area (Å²) in [4.78, 5) is 27.3. The minimum absolute atomic E-state index is 0.0374. The van der Waals surface area contributed by atoms with Gasteiger partial charge in [-0.15, -0.1) is 0 Å². The van der Waals surface area contributed by atoms with Gasteiger partial charge in [-0.05, 0) is 25.1 Å². The molecule has 8 heteroatoms. The lowest BCUT2D eigenvalue weighted by atomic mass is 10.1. The van der Waals surface area contributed by atoms with E-state index in [0.717, 1.165) is 22.2 Å². The van der Waals surface area contributed by atoms with Crippen LogP contribution < -0.4 is 5.56 Å². The number of benzene rings is 1. The molecule has 0 aliphatic heterocycles. The Morgan fingerprint density at radius 3 is 2.71 bits per heavy atom. The smallest absolute Gasteiger partial charge is 0.395 e. The Balaban J connectivity index is 2.08. The van der Waals surface area contributed by atoms with Gasteiger partial charge in [0.25, 0.3) is 5.88 Å². The van der Waals surface area contributed by atoms with Crippen LogP contribution in [0.3, 0.4) is 0 Å². The molecule has 0 radical (unpaired) electrons. The number of nitrogens with one attached hydrogen (secondary N) is 1. The summed E-state index contributed by atoms with van der Waals surface area (Å²) in [5.74, 6) is -0.867. The molecule has 2 aromatic heterocycles. The maximum absolute atomic E-state index is 11.7. The molecular formula is C16H14N4O4. The zero-order chi connectivity index (χ0) is 17.4. The van der Waals surface area contributed by atoms with Gasteiger partial charge in [0.05, 0.1) is 4.92 Å². The maximum atomic E-state index is 11.7. The Morgan fingerprint density at radius 2 is 2.04 bits per heavy atom. The van der Waals surface area contributed by atoms with Gasteiger partial charge in [0.15, 0.2) is 0 Å². The third-order valence-electron chi connectivity index (χ3n) is 3.93. The number of fused-ring (bicyclic) bond motifs is 1. The standard InChI is InChI=1S/C16H14N4O4/c1-9-10(11-5-3-4-6-12(11)19(9)2)7-8-13-17-15(21)14(20(23)24)16(22)18-13/h3-8H,1-2H3,(H2,17,18,21,22)/b8-7+. The van der Waals surface area contributed by atoms with E-state index in [2.05, 4.69) is 9.97 Å². The number of H-pyrrole nitrogens is 1. The van der Waals surface area contributed by atoms with Crippen LogP contribution in [0, 0.1) is 17.0 Å². The quantitative estimate of drug-likeness (QED) is 0.566. The van der Waals surface area contributed by atoms with Crippen molar-refractivity contribution < 1.29 is 10.0 Å². The predicted molar refractivity (Wildman–Crippen MR) is 89.8 cm³/mol. The molecule has 0 atom stereocenters. The second kappa shape index (κ2) is 5.65. The van der Waals surface area contributed by atoms with Crippen molar-refractivity contribution in [2.45, 2.75) is 6.92 Å². The lowest BCUT2D eigenvalue weighted by Gasteiger charge is -1.98. The molecule has 8 nitrogen and oxygen atoms in total. The van der Waals surface area contributed by atoms with E-state index < -0.39 is 22.0 Å². The molecule has 2 heterocycles. The van der Waals surface area contributed by atoms with Gasteiger partial charge in [-0.1, -0.05) is 18.2 Å². The molecule has 0 saturated heterocycles. The highest BCUT2D eigenvalue weighted by atomic mass is 16.6. The topological polar surface area (TPSA) is 114 Å². The van der Waals surface area contributed by atoms with Crippen LogP contribution in [0.15, 0.2) is 29.1 Å². The highest BCUT2D eigenvalue weighted by Gasteiger charge is 2.21. The van der Waals surface area contributed by atoms with Crippen LogP contribution in [-0.4, -0.2) is 24.6 Å². The van der Waals surface area contributed by atoms with Gasteiger partial charge in [0, 0.05) is 29.2 Å². The van der Waals surface area contributed by atoms with Crippen molar-refractivity contribution in [1.82, 2.24) is 14.5 Å². The van der Waals surface area contributed by atoms with Crippen molar-refractivity contribution in [3.8, 4) is 5.88 Å². The van der Waals surface area contributed by atoms with E-state index in [9.17, 15) is 20.0 Å². The molecular weight excluding hydrogens is 312 g/mol. The van der Waals surface area contributed by atoms with E-state index in [1.54, 1.807) is 6.08 Å².